The molecule has 3 atom stereocenters. The molecule has 2 aromatic carbocycles. The first kappa shape index (κ1) is 18.6. The van der Waals surface area contributed by atoms with Crippen molar-refractivity contribution < 1.29 is 23.4 Å². The summed E-state index contributed by atoms with van der Waals surface area (Å²) in [4.78, 5) is 12.0. The molecule has 3 N–H and O–H groups in total. The van der Waals surface area contributed by atoms with E-state index in [1.165, 1.54) is 0 Å². The Balaban J connectivity index is 1.70. The maximum absolute atomic E-state index is 14.2. The molecule has 5 nitrogen and oxygen atoms in total. The molecule has 0 aliphatic carbocycles. The summed E-state index contributed by atoms with van der Waals surface area (Å²) in [6, 6.07) is 10.1. The second-order valence-electron chi connectivity index (χ2n) is 5.97. The number of hydrogen-bond acceptors (Lipinski definition) is 4. The van der Waals surface area contributed by atoms with Gasteiger partial charge in [0.2, 0.25) is 0 Å². The molecule has 1 heterocycles. The molecule has 8 heteroatoms. The number of rotatable bonds is 4. The zero-order chi connectivity index (χ0) is 18.7. The summed E-state index contributed by atoms with van der Waals surface area (Å²) in [5.41, 5.74) is 0.547. The van der Waals surface area contributed by atoms with Gasteiger partial charge in [0.1, 0.15) is 24.5 Å². The topological polar surface area (TPSA) is 70.6 Å². The third-order valence-electron chi connectivity index (χ3n) is 4.23. The number of carbonyl (C=O) groups is 1. The van der Waals surface area contributed by atoms with Crippen molar-refractivity contribution in [3.8, 4) is 0 Å². The zero-order valence-corrected chi connectivity index (χ0v) is 14.3. The maximum Gasteiger partial charge on any atom is 0.407 e. The monoisotopic (exact) mass is 382 g/mol. The van der Waals surface area contributed by atoms with Crippen LogP contribution in [0.3, 0.4) is 0 Å². The van der Waals surface area contributed by atoms with Crippen LogP contribution < -0.4 is 10.6 Å². The number of amides is 1. The molecule has 0 bridgehead atoms. The van der Waals surface area contributed by atoms with Gasteiger partial charge in [0.15, 0.2) is 0 Å². The predicted molar refractivity (Wildman–Crippen MR) is 91.7 cm³/mol. The Labute approximate surface area is 153 Å². The Kier molecular flexibility index (Phi) is 5.70. The second-order valence-corrected chi connectivity index (χ2v) is 6.41. The molecule has 2 aromatic rings. The summed E-state index contributed by atoms with van der Waals surface area (Å²) in [6.07, 6.45) is -1.96. The van der Waals surface area contributed by atoms with E-state index in [-0.39, 0.29) is 23.7 Å². The lowest BCUT2D eigenvalue weighted by molar-refractivity contribution is 0.102. The van der Waals surface area contributed by atoms with E-state index in [0.717, 1.165) is 17.7 Å². The van der Waals surface area contributed by atoms with Gasteiger partial charge in [-0.1, -0.05) is 41.9 Å². The zero-order valence-electron chi connectivity index (χ0n) is 13.6. The summed E-state index contributed by atoms with van der Waals surface area (Å²) in [6.45, 7) is 0.123. The summed E-state index contributed by atoms with van der Waals surface area (Å²) in [5.74, 6) is -2.48. The van der Waals surface area contributed by atoms with Gasteiger partial charge in [-0.2, -0.15) is 0 Å². The van der Waals surface area contributed by atoms with Crippen LogP contribution in [0.4, 0.5) is 13.6 Å². The van der Waals surface area contributed by atoms with Gasteiger partial charge in [-0.05, 0) is 17.7 Å². The van der Waals surface area contributed by atoms with Crippen molar-refractivity contribution in [1.29, 1.82) is 0 Å². The number of carbonyl (C=O) groups excluding carboxylic acids is 1. The van der Waals surface area contributed by atoms with Crippen LogP contribution >= 0.6 is 11.6 Å². The molecule has 1 aliphatic heterocycles. The van der Waals surface area contributed by atoms with Gasteiger partial charge in [0, 0.05) is 23.0 Å². The lowest BCUT2D eigenvalue weighted by Crippen LogP contribution is -2.46. The van der Waals surface area contributed by atoms with E-state index < -0.39 is 35.9 Å². The number of benzene rings is 2. The molecule has 138 valence electrons. The summed E-state index contributed by atoms with van der Waals surface area (Å²) in [7, 11) is 0. The first-order valence-electron chi connectivity index (χ1n) is 7.99. The van der Waals surface area contributed by atoms with E-state index in [1.54, 1.807) is 12.1 Å². The summed E-state index contributed by atoms with van der Waals surface area (Å²) >= 11 is 5.64. The second kappa shape index (κ2) is 7.99. The fourth-order valence-electron chi connectivity index (χ4n) is 2.99. The molecular formula is C18H17ClF2N2O3. The summed E-state index contributed by atoms with van der Waals surface area (Å²) in [5, 5.41) is 15.1. The minimum Gasteiger partial charge on any atom is -0.445 e. The van der Waals surface area contributed by atoms with E-state index in [1.807, 2.05) is 18.2 Å². The number of alkyl carbamates (subject to hydrolysis) is 1. The van der Waals surface area contributed by atoms with Crippen molar-refractivity contribution in [1.82, 2.24) is 10.6 Å². The van der Waals surface area contributed by atoms with Gasteiger partial charge in [-0.25, -0.2) is 13.6 Å². The molecular weight excluding hydrogens is 366 g/mol. The number of ether oxygens (including phenoxy) is 1. The standard InChI is InChI=1S/C18H17ClF2N2O3/c19-11-6-13(20)15(14(21)7-11)12-8-22-17(24)16(12)23-18(25)26-9-10-4-2-1-3-5-10/h1-7,12,16-17,22,24H,8-9H2,(H,23,25)/t12-,16-,17?/m0/s1. The lowest BCUT2D eigenvalue weighted by atomic mass is 9.92. The Hall–Kier alpha value is -2.22. The van der Waals surface area contributed by atoms with E-state index in [4.69, 9.17) is 16.3 Å². The van der Waals surface area contributed by atoms with Gasteiger partial charge in [-0.3, -0.25) is 5.32 Å². The molecule has 3 rings (SSSR count). The number of hydrogen-bond donors (Lipinski definition) is 3. The first-order chi connectivity index (χ1) is 12.5. The molecule has 26 heavy (non-hydrogen) atoms. The molecule has 0 radical (unpaired) electrons. The maximum atomic E-state index is 14.2. The van der Waals surface area contributed by atoms with Crippen LogP contribution in [0.25, 0.3) is 0 Å². The van der Waals surface area contributed by atoms with Gasteiger partial charge >= 0.3 is 6.09 Å². The highest BCUT2D eigenvalue weighted by Crippen LogP contribution is 2.31. The van der Waals surface area contributed by atoms with Crippen molar-refractivity contribution in [2.75, 3.05) is 6.54 Å². The van der Waals surface area contributed by atoms with Crippen molar-refractivity contribution in [2.24, 2.45) is 0 Å². The van der Waals surface area contributed by atoms with E-state index >= 15 is 0 Å². The van der Waals surface area contributed by atoms with Crippen LogP contribution in [0, 0.1) is 11.6 Å². The third kappa shape index (κ3) is 4.12. The average Bonchev–Trinajstić information content (AvgIpc) is 2.94. The molecule has 1 amide bonds. The van der Waals surface area contributed by atoms with Crippen LogP contribution in [0.5, 0.6) is 0 Å². The highest BCUT2D eigenvalue weighted by molar-refractivity contribution is 6.30. The van der Waals surface area contributed by atoms with Crippen LogP contribution in [-0.4, -0.2) is 30.0 Å². The molecule has 0 aromatic heterocycles. The Morgan fingerprint density at radius 3 is 2.58 bits per heavy atom. The van der Waals surface area contributed by atoms with Gasteiger partial charge in [-0.15, -0.1) is 0 Å². The molecule has 1 fully saturated rings. The van der Waals surface area contributed by atoms with Crippen LogP contribution in [-0.2, 0) is 11.3 Å². The van der Waals surface area contributed by atoms with Crippen molar-refractivity contribution >= 4 is 17.7 Å². The molecule has 1 unspecified atom stereocenters. The lowest BCUT2D eigenvalue weighted by Gasteiger charge is -2.23. The highest BCUT2D eigenvalue weighted by Gasteiger charge is 2.40. The van der Waals surface area contributed by atoms with Crippen LogP contribution in [0.2, 0.25) is 5.02 Å². The van der Waals surface area contributed by atoms with Crippen molar-refractivity contribution in [3.05, 3.63) is 70.2 Å². The Bertz CT molecular complexity index is 768. The van der Waals surface area contributed by atoms with E-state index in [2.05, 4.69) is 10.6 Å². The SMILES string of the molecule is O=C(N[C@@H]1C(O)NC[C@H]1c1c(F)cc(Cl)cc1F)OCc1ccccc1. The van der Waals surface area contributed by atoms with Crippen LogP contribution in [0.15, 0.2) is 42.5 Å². The smallest absolute Gasteiger partial charge is 0.407 e. The van der Waals surface area contributed by atoms with Gasteiger partial charge in [0.25, 0.3) is 0 Å². The van der Waals surface area contributed by atoms with Gasteiger partial charge in [0.05, 0.1) is 6.04 Å². The average molecular weight is 383 g/mol. The van der Waals surface area contributed by atoms with Crippen molar-refractivity contribution in [2.45, 2.75) is 24.8 Å². The molecule has 1 saturated heterocycles. The Morgan fingerprint density at radius 2 is 1.92 bits per heavy atom. The van der Waals surface area contributed by atoms with Crippen molar-refractivity contribution in [3.63, 3.8) is 0 Å². The Morgan fingerprint density at radius 1 is 1.27 bits per heavy atom. The minimum absolute atomic E-state index is 0.0389. The number of nitrogens with one attached hydrogen (secondary N) is 2. The molecule has 0 spiro atoms. The first-order valence-corrected chi connectivity index (χ1v) is 8.36. The fraction of sp³-hybridized carbons (Fsp3) is 0.278. The normalized spacial score (nSPS) is 22.2. The quantitative estimate of drug-likeness (QED) is 0.760. The number of aliphatic hydroxyl groups excluding tert-OH is 1. The third-order valence-corrected chi connectivity index (χ3v) is 4.45. The van der Waals surface area contributed by atoms with E-state index in [9.17, 15) is 18.7 Å². The number of aliphatic hydroxyl groups is 1. The molecule has 0 saturated carbocycles. The highest BCUT2D eigenvalue weighted by atomic mass is 35.5. The van der Waals surface area contributed by atoms with Gasteiger partial charge < -0.3 is 15.2 Å². The number of halogens is 3. The molecule has 1 aliphatic rings. The largest absolute Gasteiger partial charge is 0.445 e. The fourth-order valence-corrected chi connectivity index (χ4v) is 3.18. The predicted octanol–water partition coefficient (Wildman–Crippen LogP) is 2.92. The van der Waals surface area contributed by atoms with E-state index in [0.29, 0.717) is 0 Å². The van der Waals surface area contributed by atoms with Crippen LogP contribution in [0.1, 0.15) is 17.0 Å². The summed E-state index contributed by atoms with van der Waals surface area (Å²) < 4.78 is 33.5. The minimum atomic E-state index is -1.17.